The summed E-state index contributed by atoms with van der Waals surface area (Å²) in [5.74, 6) is 1.86. The van der Waals surface area contributed by atoms with E-state index in [2.05, 4.69) is 4.99 Å². The molecule has 1 aliphatic rings. The zero-order valence-electron chi connectivity index (χ0n) is 13.3. The van der Waals surface area contributed by atoms with Crippen molar-refractivity contribution in [1.29, 1.82) is 0 Å². The van der Waals surface area contributed by atoms with Crippen molar-refractivity contribution in [3.63, 3.8) is 0 Å². The van der Waals surface area contributed by atoms with E-state index in [0.717, 1.165) is 0 Å². The first-order chi connectivity index (χ1) is 11.6. The van der Waals surface area contributed by atoms with Crippen molar-refractivity contribution < 1.29 is 19.1 Å². The van der Waals surface area contributed by atoms with E-state index in [1.807, 2.05) is 6.92 Å². The molecule has 0 spiro atoms. The molecule has 1 heterocycles. The van der Waals surface area contributed by atoms with E-state index in [1.165, 1.54) is 6.07 Å². The Labute approximate surface area is 138 Å². The van der Waals surface area contributed by atoms with Gasteiger partial charge in [0.2, 0.25) is 6.79 Å². The van der Waals surface area contributed by atoms with E-state index in [4.69, 9.17) is 14.2 Å². The number of nitrogens with zero attached hydrogens (tertiary/aromatic N) is 2. The quantitative estimate of drug-likeness (QED) is 0.474. The van der Waals surface area contributed by atoms with Gasteiger partial charge in [-0.15, -0.1) is 0 Å². The van der Waals surface area contributed by atoms with Gasteiger partial charge in [-0.05, 0) is 26.0 Å². The number of ether oxygens (including phenoxy) is 3. The van der Waals surface area contributed by atoms with Crippen LogP contribution in [-0.4, -0.2) is 24.5 Å². The third-order valence-electron chi connectivity index (χ3n) is 3.55. The number of hydrogen-bond acceptors (Lipinski definition) is 6. The second-order valence-electron chi connectivity index (χ2n) is 5.16. The molecule has 0 aliphatic carbocycles. The summed E-state index contributed by atoms with van der Waals surface area (Å²) in [5, 5.41) is 11.0. The molecule has 0 aromatic heterocycles. The number of rotatable bonds is 5. The molecule has 7 nitrogen and oxygen atoms in total. The number of aliphatic imine (C=N–C) groups is 1. The van der Waals surface area contributed by atoms with Gasteiger partial charge in [-0.25, -0.2) is 0 Å². The van der Waals surface area contributed by atoms with Crippen LogP contribution in [0.5, 0.6) is 17.2 Å². The van der Waals surface area contributed by atoms with Crippen LogP contribution in [0.4, 0.5) is 11.4 Å². The lowest BCUT2D eigenvalue weighted by Crippen LogP contribution is -1.96. The number of hydrogen-bond donors (Lipinski definition) is 0. The molecule has 0 saturated heterocycles. The topological polar surface area (TPSA) is 83.2 Å². The average molecular weight is 328 g/mol. The standard InChI is InChI=1S/C17H16N2O5/c1-3-22-15-8-17-16(23-10-24-17)6-12(15)9-18-13-5-4-11(2)14(7-13)19(20)21/h4-9H,3,10H2,1-2H3. The minimum absolute atomic E-state index is 0.0420. The summed E-state index contributed by atoms with van der Waals surface area (Å²) in [7, 11) is 0. The van der Waals surface area contributed by atoms with Crippen molar-refractivity contribution in [2.45, 2.75) is 13.8 Å². The molecule has 124 valence electrons. The Morgan fingerprint density at radius 3 is 2.75 bits per heavy atom. The maximum Gasteiger partial charge on any atom is 0.274 e. The smallest absolute Gasteiger partial charge is 0.274 e. The van der Waals surface area contributed by atoms with Crippen LogP contribution < -0.4 is 14.2 Å². The number of nitro benzene ring substituents is 1. The maximum atomic E-state index is 11.0. The van der Waals surface area contributed by atoms with Crippen LogP contribution in [0.1, 0.15) is 18.1 Å². The number of benzene rings is 2. The van der Waals surface area contributed by atoms with E-state index in [9.17, 15) is 10.1 Å². The molecule has 24 heavy (non-hydrogen) atoms. The van der Waals surface area contributed by atoms with E-state index >= 15 is 0 Å². The minimum Gasteiger partial charge on any atom is -0.493 e. The van der Waals surface area contributed by atoms with Crippen LogP contribution in [0.25, 0.3) is 0 Å². The Morgan fingerprint density at radius 2 is 2.04 bits per heavy atom. The molecule has 0 N–H and O–H groups in total. The summed E-state index contributed by atoms with van der Waals surface area (Å²) in [5.41, 5.74) is 1.84. The van der Waals surface area contributed by atoms with Crippen molar-refractivity contribution in [1.82, 2.24) is 0 Å². The number of fused-ring (bicyclic) bond motifs is 1. The fourth-order valence-electron chi connectivity index (χ4n) is 2.34. The summed E-state index contributed by atoms with van der Waals surface area (Å²) in [6, 6.07) is 8.38. The molecule has 0 atom stereocenters. The molecule has 0 amide bonds. The zero-order valence-corrected chi connectivity index (χ0v) is 13.3. The predicted octanol–water partition coefficient (Wildman–Crippen LogP) is 3.78. The third kappa shape index (κ3) is 3.15. The highest BCUT2D eigenvalue weighted by Crippen LogP contribution is 2.37. The summed E-state index contributed by atoms with van der Waals surface area (Å²) >= 11 is 0. The van der Waals surface area contributed by atoms with Crippen LogP contribution in [0.2, 0.25) is 0 Å². The van der Waals surface area contributed by atoms with Crippen molar-refractivity contribution in [3.05, 3.63) is 51.6 Å². The molecule has 2 aromatic carbocycles. The Morgan fingerprint density at radius 1 is 1.29 bits per heavy atom. The van der Waals surface area contributed by atoms with Gasteiger partial charge in [0.05, 0.1) is 17.2 Å². The molecule has 0 unspecified atom stereocenters. The molecule has 0 radical (unpaired) electrons. The van der Waals surface area contributed by atoms with Gasteiger partial charge in [-0.2, -0.15) is 0 Å². The van der Waals surface area contributed by atoms with Crippen LogP contribution in [-0.2, 0) is 0 Å². The third-order valence-corrected chi connectivity index (χ3v) is 3.55. The van der Waals surface area contributed by atoms with E-state index in [-0.39, 0.29) is 12.5 Å². The largest absolute Gasteiger partial charge is 0.493 e. The summed E-state index contributed by atoms with van der Waals surface area (Å²) in [6.45, 7) is 4.24. The predicted molar refractivity (Wildman–Crippen MR) is 88.8 cm³/mol. The molecule has 3 rings (SSSR count). The van der Waals surface area contributed by atoms with Gasteiger partial charge < -0.3 is 14.2 Å². The van der Waals surface area contributed by atoms with Crippen molar-refractivity contribution >= 4 is 17.6 Å². The molecule has 7 heteroatoms. The Bertz CT molecular complexity index is 817. The highest BCUT2D eigenvalue weighted by Gasteiger charge is 2.17. The van der Waals surface area contributed by atoms with Crippen LogP contribution in [0.15, 0.2) is 35.3 Å². The van der Waals surface area contributed by atoms with Gasteiger partial charge in [0.15, 0.2) is 11.5 Å². The first-order valence-electron chi connectivity index (χ1n) is 7.44. The molecule has 0 fully saturated rings. The van der Waals surface area contributed by atoms with Crippen LogP contribution >= 0.6 is 0 Å². The molecule has 1 aliphatic heterocycles. The second-order valence-corrected chi connectivity index (χ2v) is 5.16. The van der Waals surface area contributed by atoms with E-state index < -0.39 is 4.92 Å². The lowest BCUT2D eigenvalue weighted by Gasteiger charge is -2.08. The SMILES string of the molecule is CCOc1cc2c(cc1C=Nc1ccc(C)c([N+](=O)[O-])c1)OCO2. The first kappa shape index (κ1) is 15.8. The lowest BCUT2D eigenvalue weighted by atomic mass is 10.1. The maximum absolute atomic E-state index is 11.0. The number of nitro groups is 1. The Balaban J connectivity index is 1.94. The monoisotopic (exact) mass is 328 g/mol. The second kappa shape index (κ2) is 6.57. The lowest BCUT2D eigenvalue weighted by molar-refractivity contribution is -0.385. The normalized spacial score (nSPS) is 12.6. The van der Waals surface area contributed by atoms with Gasteiger partial charge in [0.1, 0.15) is 5.75 Å². The van der Waals surface area contributed by atoms with Gasteiger partial charge >= 0.3 is 0 Å². The van der Waals surface area contributed by atoms with Gasteiger partial charge in [-0.1, -0.05) is 6.07 Å². The van der Waals surface area contributed by atoms with Crippen LogP contribution in [0.3, 0.4) is 0 Å². The molecule has 0 bridgehead atoms. The minimum atomic E-state index is -0.416. The summed E-state index contributed by atoms with van der Waals surface area (Å²) < 4.78 is 16.3. The van der Waals surface area contributed by atoms with Crippen molar-refractivity contribution in [3.8, 4) is 17.2 Å². The molecule has 2 aromatic rings. The van der Waals surface area contributed by atoms with Gasteiger partial charge in [0, 0.05) is 29.5 Å². The summed E-state index contributed by atoms with van der Waals surface area (Å²) in [4.78, 5) is 14.9. The first-order valence-corrected chi connectivity index (χ1v) is 7.44. The zero-order chi connectivity index (χ0) is 17.1. The Hall–Kier alpha value is -3.09. The fourth-order valence-corrected chi connectivity index (χ4v) is 2.34. The highest BCUT2D eigenvalue weighted by atomic mass is 16.7. The average Bonchev–Trinajstić information content (AvgIpc) is 3.01. The summed E-state index contributed by atoms with van der Waals surface area (Å²) in [6.07, 6.45) is 1.60. The molecular weight excluding hydrogens is 312 g/mol. The van der Waals surface area contributed by atoms with E-state index in [0.29, 0.717) is 40.7 Å². The van der Waals surface area contributed by atoms with Crippen molar-refractivity contribution in [2.75, 3.05) is 13.4 Å². The van der Waals surface area contributed by atoms with E-state index in [1.54, 1.807) is 37.4 Å². The van der Waals surface area contributed by atoms with Gasteiger partial charge in [0.25, 0.3) is 5.69 Å². The van der Waals surface area contributed by atoms with Crippen LogP contribution in [0, 0.1) is 17.0 Å². The number of aryl methyl sites for hydroxylation is 1. The van der Waals surface area contributed by atoms with Gasteiger partial charge in [-0.3, -0.25) is 15.1 Å². The molecule has 0 saturated carbocycles. The van der Waals surface area contributed by atoms with Crippen molar-refractivity contribution in [2.24, 2.45) is 4.99 Å². The fraction of sp³-hybridized carbons (Fsp3) is 0.235. The Kier molecular flexibility index (Phi) is 4.33. The molecular formula is C17H16N2O5. The highest BCUT2D eigenvalue weighted by molar-refractivity contribution is 5.87.